The second-order valence-electron chi connectivity index (χ2n) is 14.0. The van der Waals surface area contributed by atoms with Crippen molar-refractivity contribution in [2.45, 2.75) is 13.0 Å². The van der Waals surface area contributed by atoms with Gasteiger partial charge in [-0.25, -0.2) is 15.0 Å². The number of benzene rings is 7. The van der Waals surface area contributed by atoms with E-state index in [2.05, 4.69) is 96.6 Å². The lowest BCUT2D eigenvalue weighted by molar-refractivity contribution is 0.668. The second kappa shape index (κ2) is 15.2. The van der Waals surface area contributed by atoms with Gasteiger partial charge in [0.1, 0.15) is 17.0 Å². The molecule has 7 aromatic carbocycles. The Bertz CT molecular complexity index is 3260. The number of nitrogens with two attached hydrogens (primary N) is 1. The summed E-state index contributed by atoms with van der Waals surface area (Å²) >= 11 is 3.52. The number of thiophene rings is 2. The quantitative estimate of drug-likeness (QED) is 0.123. The molecule has 10 aromatic rings. The van der Waals surface area contributed by atoms with Gasteiger partial charge in [-0.3, -0.25) is 4.99 Å². The third-order valence-electron chi connectivity index (χ3n) is 10.4. The van der Waals surface area contributed by atoms with Crippen LogP contribution in [0.1, 0.15) is 32.7 Å². The van der Waals surface area contributed by atoms with E-state index in [-0.39, 0.29) is 0 Å². The van der Waals surface area contributed by atoms with Crippen LogP contribution in [0.15, 0.2) is 188 Å². The zero-order valence-corrected chi connectivity index (χ0v) is 32.9. The van der Waals surface area contributed by atoms with Crippen LogP contribution in [0.4, 0.5) is 5.69 Å². The van der Waals surface area contributed by atoms with E-state index in [0.717, 1.165) is 71.1 Å². The molecule has 6 nitrogen and oxygen atoms in total. The maximum absolute atomic E-state index is 6.63. The molecule has 10 rings (SSSR count). The van der Waals surface area contributed by atoms with Crippen molar-refractivity contribution in [3.63, 3.8) is 0 Å². The minimum atomic E-state index is 0.371. The summed E-state index contributed by atoms with van der Waals surface area (Å²) in [5.74, 6) is 1.60. The number of furan rings is 1. The smallest absolute Gasteiger partial charge is 0.161 e. The fourth-order valence-electron chi connectivity index (χ4n) is 7.76. The van der Waals surface area contributed by atoms with Crippen LogP contribution >= 0.6 is 22.7 Å². The highest BCUT2D eigenvalue weighted by atomic mass is 32.1. The van der Waals surface area contributed by atoms with Crippen molar-refractivity contribution in [1.82, 2.24) is 0 Å². The van der Waals surface area contributed by atoms with E-state index in [4.69, 9.17) is 25.1 Å². The van der Waals surface area contributed by atoms with Crippen molar-refractivity contribution in [2.24, 2.45) is 25.7 Å². The number of rotatable bonds is 8. The Kier molecular flexibility index (Phi) is 9.25. The molecule has 0 spiro atoms. The van der Waals surface area contributed by atoms with E-state index >= 15 is 0 Å². The van der Waals surface area contributed by atoms with Gasteiger partial charge < -0.3 is 10.2 Å². The van der Waals surface area contributed by atoms with Crippen LogP contribution in [-0.2, 0) is 13.0 Å². The second-order valence-corrected chi connectivity index (χ2v) is 16.2. The Labute approximate surface area is 342 Å². The van der Waals surface area contributed by atoms with Crippen molar-refractivity contribution in [1.29, 1.82) is 0 Å². The first-order valence-electron chi connectivity index (χ1n) is 19.0. The summed E-state index contributed by atoms with van der Waals surface area (Å²) in [5.41, 5.74) is 14.1. The van der Waals surface area contributed by atoms with Crippen LogP contribution in [0.25, 0.3) is 52.2 Å². The first kappa shape index (κ1) is 35.4. The van der Waals surface area contributed by atoms with E-state index in [9.17, 15) is 0 Å². The third-order valence-corrected chi connectivity index (χ3v) is 12.7. The van der Waals surface area contributed by atoms with E-state index in [0.29, 0.717) is 30.5 Å². The zero-order valence-electron chi connectivity index (χ0n) is 31.3. The van der Waals surface area contributed by atoms with Gasteiger partial charge in [-0.2, -0.15) is 0 Å². The SMILES string of the molecule is C=NC(=NC(=NCc1cccc2oc3cccc(Cc4sc5ccccc5c4N=C(N)c4ccccc4)c3c12)c1ccccc1)c1cccc2sc3ccccc3c12. The Hall–Kier alpha value is -7.00. The molecule has 0 aliphatic heterocycles. The molecule has 8 heteroatoms. The fraction of sp³-hybridized carbons (Fsp3) is 0.0400. The summed E-state index contributed by atoms with van der Waals surface area (Å²) in [4.78, 5) is 21.1. The van der Waals surface area contributed by atoms with E-state index < -0.39 is 0 Å². The van der Waals surface area contributed by atoms with Crippen LogP contribution in [0.5, 0.6) is 0 Å². The predicted octanol–water partition coefficient (Wildman–Crippen LogP) is 12.9. The van der Waals surface area contributed by atoms with Gasteiger partial charge in [0.2, 0.25) is 0 Å². The fourth-order valence-corrected chi connectivity index (χ4v) is 10.1. The highest BCUT2D eigenvalue weighted by Crippen LogP contribution is 2.42. The van der Waals surface area contributed by atoms with Gasteiger partial charge in [0.25, 0.3) is 0 Å². The molecule has 0 fully saturated rings. The Morgan fingerprint density at radius 2 is 1.16 bits per heavy atom. The molecule has 0 aliphatic carbocycles. The average Bonchev–Trinajstić information content (AvgIpc) is 3.96. The van der Waals surface area contributed by atoms with Gasteiger partial charge in [-0.05, 0) is 48.2 Å². The molecule has 0 saturated carbocycles. The lowest BCUT2D eigenvalue weighted by atomic mass is 9.99. The topological polar surface area (TPSA) is 88.6 Å². The number of hydrogen-bond acceptors (Lipinski definition) is 5. The molecular weight excluding hydrogens is 751 g/mol. The van der Waals surface area contributed by atoms with Crippen molar-refractivity contribution in [2.75, 3.05) is 0 Å². The molecule has 0 radical (unpaired) electrons. The van der Waals surface area contributed by atoms with E-state index in [1.54, 1.807) is 22.7 Å². The van der Waals surface area contributed by atoms with Crippen molar-refractivity contribution >= 4 is 105 Å². The number of hydrogen-bond donors (Lipinski definition) is 1. The standard InChI is InChI=1S/C50H35N5OS2/c1-52-50(37-23-14-28-42-46(37)35-21-8-10-26-40(35)57-42)55-49(32-17-6-3-7-18-32)53-30-34-20-13-25-39-45(34)44-33(19-12-24-38(44)56-39)29-43-47(36-22-9-11-27-41(36)58-43)54-48(51)31-15-4-2-5-16-31/h2-28H,1,29-30H2,(H2,51,54). The maximum Gasteiger partial charge on any atom is 0.161 e. The first-order valence-corrected chi connectivity index (χ1v) is 20.6. The molecule has 0 unspecified atom stereocenters. The van der Waals surface area contributed by atoms with Crippen LogP contribution in [-0.4, -0.2) is 24.2 Å². The molecular formula is C50H35N5OS2. The molecule has 0 atom stereocenters. The predicted molar refractivity (Wildman–Crippen MR) is 247 cm³/mol. The number of aliphatic imine (C=N–C) groups is 4. The number of fused-ring (bicyclic) bond motifs is 7. The van der Waals surface area contributed by atoms with Crippen molar-refractivity contribution < 1.29 is 4.42 Å². The van der Waals surface area contributed by atoms with Gasteiger partial charge >= 0.3 is 0 Å². The Morgan fingerprint density at radius 1 is 0.552 bits per heavy atom. The van der Waals surface area contributed by atoms with Crippen LogP contribution in [0.3, 0.4) is 0 Å². The van der Waals surface area contributed by atoms with E-state index in [1.807, 2.05) is 78.9 Å². The zero-order chi connectivity index (χ0) is 39.0. The minimum Gasteiger partial charge on any atom is -0.456 e. The van der Waals surface area contributed by atoms with E-state index in [1.165, 1.54) is 19.5 Å². The van der Waals surface area contributed by atoms with Crippen LogP contribution in [0, 0.1) is 0 Å². The summed E-state index contributed by atoms with van der Waals surface area (Å²) in [6.45, 7) is 4.35. The van der Waals surface area contributed by atoms with Gasteiger partial charge in [0.05, 0.1) is 12.2 Å². The molecule has 0 amide bonds. The van der Waals surface area contributed by atoms with Gasteiger partial charge in [0.15, 0.2) is 11.7 Å². The lowest BCUT2D eigenvalue weighted by Gasteiger charge is -2.08. The molecule has 0 bridgehead atoms. The van der Waals surface area contributed by atoms with Crippen LogP contribution in [0.2, 0.25) is 0 Å². The molecule has 3 aromatic heterocycles. The summed E-state index contributed by atoms with van der Waals surface area (Å²) in [7, 11) is 0. The highest BCUT2D eigenvalue weighted by molar-refractivity contribution is 7.25. The maximum atomic E-state index is 6.63. The molecule has 58 heavy (non-hydrogen) atoms. The summed E-state index contributed by atoms with van der Waals surface area (Å²) < 4.78 is 10.1. The van der Waals surface area contributed by atoms with Gasteiger partial charge in [0, 0.05) is 69.0 Å². The summed E-state index contributed by atoms with van der Waals surface area (Å²) in [6, 6.07) is 55.6. The number of nitrogens with zero attached hydrogens (tertiary/aromatic N) is 4. The Morgan fingerprint density at radius 3 is 1.90 bits per heavy atom. The lowest BCUT2D eigenvalue weighted by Crippen LogP contribution is -2.12. The summed E-state index contributed by atoms with van der Waals surface area (Å²) in [6.07, 6.45) is 0.653. The number of amidine groups is 3. The average molecular weight is 786 g/mol. The molecule has 0 saturated heterocycles. The monoisotopic (exact) mass is 785 g/mol. The van der Waals surface area contributed by atoms with Crippen LogP contribution < -0.4 is 5.73 Å². The molecule has 278 valence electrons. The largest absolute Gasteiger partial charge is 0.456 e. The van der Waals surface area contributed by atoms with Gasteiger partial charge in [-0.15, -0.1) is 22.7 Å². The third kappa shape index (κ3) is 6.48. The van der Waals surface area contributed by atoms with Crippen molar-refractivity contribution in [3.05, 3.63) is 196 Å². The molecule has 2 N–H and O–H groups in total. The molecule has 0 aliphatic rings. The first-order chi connectivity index (χ1) is 28.6. The van der Waals surface area contributed by atoms with Gasteiger partial charge in [-0.1, -0.05) is 133 Å². The molecule has 3 heterocycles. The van der Waals surface area contributed by atoms with Crippen molar-refractivity contribution in [3.8, 4) is 0 Å². The summed E-state index contributed by atoms with van der Waals surface area (Å²) in [5, 5.41) is 5.50. The Balaban J connectivity index is 1.09. The minimum absolute atomic E-state index is 0.371. The highest BCUT2D eigenvalue weighted by Gasteiger charge is 2.19. The normalized spacial score (nSPS) is 12.7.